The molecule has 0 amide bonds. The number of hydrogen-bond donors (Lipinski definition) is 2. The van der Waals surface area contributed by atoms with Crippen LogP contribution < -0.4 is 11.2 Å². The number of aromatic nitrogens is 1. The molecule has 2 aromatic carbocycles. The number of phenolic OH excluding ortho intramolecular Hbond substituents is 2. The smallest absolute Gasteiger partial charge is 0.336 e. The first-order valence-electron chi connectivity index (χ1n) is 10.6. The molecule has 0 radical (unpaired) electrons. The van der Waals surface area contributed by atoms with Gasteiger partial charge in [0.15, 0.2) is 11.5 Å². The molecule has 1 atom stereocenters. The van der Waals surface area contributed by atoms with Gasteiger partial charge >= 0.3 is 11.6 Å². The predicted octanol–water partition coefficient (Wildman–Crippen LogP) is 3.16. The number of nitrogens with zero attached hydrogens (tertiary/aromatic N) is 1. The minimum absolute atomic E-state index is 0.00130. The van der Waals surface area contributed by atoms with Crippen LogP contribution in [0.25, 0.3) is 21.9 Å². The van der Waals surface area contributed by atoms with Gasteiger partial charge in [-0.2, -0.15) is 0 Å². The van der Waals surface area contributed by atoms with Crippen molar-refractivity contribution in [1.29, 1.82) is 0 Å². The van der Waals surface area contributed by atoms with Gasteiger partial charge in [-0.3, -0.25) is 9.59 Å². The second kappa shape index (κ2) is 7.81. The normalized spacial score (nSPS) is 13.8. The number of esters is 1. The van der Waals surface area contributed by atoms with Gasteiger partial charge in [0, 0.05) is 35.0 Å². The van der Waals surface area contributed by atoms with E-state index in [2.05, 4.69) is 0 Å². The first-order chi connectivity index (χ1) is 15.9. The van der Waals surface area contributed by atoms with Crippen molar-refractivity contribution in [2.24, 2.45) is 0 Å². The van der Waals surface area contributed by atoms with Crippen LogP contribution in [0, 0.1) is 0 Å². The number of aromatic hydroxyl groups is 2. The molecule has 2 aromatic heterocycles. The van der Waals surface area contributed by atoms with Gasteiger partial charge in [0.25, 0.3) is 5.56 Å². The van der Waals surface area contributed by atoms with E-state index in [9.17, 15) is 24.6 Å². The molecule has 33 heavy (non-hydrogen) atoms. The van der Waals surface area contributed by atoms with Crippen LogP contribution in [0.3, 0.4) is 0 Å². The Hall–Kier alpha value is -4.07. The summed E-state index contributed by atoms with van der Waals surface area (Å²) in [6.45, 7) is 0.521. The fraction of sp³-hybridized carbons (Fsp3) is 0.240. The average molecular weight is 447 g/mol. The van der Waals surface area contributed by atoms with Gasteiger partial charge in [0.2, 0.25) is 0 Å². The number of para-hydroxylation sites is 1. The lowest BCUT2D eigenvalue weighted by Gasteiger charge is -2.24. The van der Waals surface area contributed by atoms with Crippen LogP contribution in [0.15, 0.2) is 56.5 Å². The summed E-state index contributed by atoms with van der Waals surface area (Å²) >= 11 is 0. The molecule has 8 heteroatoms. The lowest BCUT2D eigenvalue weighted by Crippen LogP contribution is -2.29. The second-order valence-electron chi connectivity index (χ2n) is 8.18. The van der Waals surface area contributed by atoms with Gasteiger partial charge in [-0.25, -0.2) is 4.79 Å². The van der Waals surface area contributed by atoms with Crippen molar-refractivity contribution < 1.29 is 24.2 Å². The lowest BCUT2D eigenvalue weighted by molar-refractivity contribution is -0.140. The van der Waals surface area contributed by atoms with Gasteiger partial charge in [-0.1, -0.05) is 18.2 Å². The SMILES string of the molecule is COC(=O)CC(c1cc2cccc3c2n(c1=O)CCC3)c1c(O)c(O)cc2ccc(=O)oc12. The molecule has 2 N–H and O–H groups in total. The van der Waals surface area contributed by atoms with Gasteiger partial charge in [0.1, 0.15) is 5.58 Å². The van der Waals surface area contributed by atoms with Crippen molar-refractivity contribution in [3.63, 3.8) is 0 Å². The molecule has 0 saturated carbocycles. The molecule has 1 unspecified atom stereocenters. The molecular weight excluding hydrogens is 426 g/mol. The van der Waals surface area contributed by atoms with E-state index in [4.69, 9.17) is 9.15 Å². The maximum Gasteiger partial charge on any atom is 0.336 e. The van der Waals surface area contributed by atoms with E-state index in [0.717, 1.165) is 29.3 Å². The van der Waals surface area contributed by atoms with Gasteiger partial charge in [-0.05, 0) is 42.0 Å². The molecule has 0 aliphatic carbocycles. The summed E-state index contributed by atoms with van der Waals surface area (Å²) in [7, 11) is 1.23. The van der Waals surface area contributed by atoms with Crippen molar-refractivity contribution in [3.8, 4) is 11.5 Å². The number of phenols is 2. The van der Waals surface area contributed by atoms with Crippen molar-refractivity contribution >= 4 is 27.8 Å². The van der Waals surface area contributed by atoms with E-state index in [0.29, 0.717) is 11.9 Å². The van der Waals surface area contributed by atoms with Crippen molar-refractivity contribution in [3.05, 3.63) is 79.9 Å². The van der Waals surface area contributed by atoms with Crippen LogP contribution in [-0.4, -0.2) is 27.9 Å². The number of methoxy groups -OCH3 is 1. The largest absolute Gasteiger partial charge is 0.504 e. The second-order valence-corrected chi connectivity index (χ2v) is 8.18. The molecule has 1 aliphatic rings. The van der Waals surface area contributed by atoms with Gasteiger partial charge in [0.05, 0.1) is 19.0 Å². The minimum atomic E-state index is -1.02. The number of rotatable bonds is 4. The zero-order chi connectivity index (χ0) is 23.3. The third-order valence-corrected chi connectivity index (χ3v) is 6.27. The van der Waals surface area contributed by atoms with Crippen LogP contribution in [0.5, 0.6) is 11.5 Å². The highest BCUT2D eigenvalue weighted by atomic mass is 16.5. The number of carbonyl (C=O) groups excluding carboxylic acids is 1. The maximum atomic E-state index is 13.7. The highest BCUT2D eigenvalue weighted by Gasteiger charge is 2.31. The molecule has 0 bridgehead atoms. The van der Waals surface area contributed by atoms with E-state index in [1.165, 1.54) is 25.3 Å². The molecule has 1 aliphatic heterocycles. The summed E-state index contributed by atoms with van der Waals surface area (Å²) in [5.74, 6) is -2.66. The summed E-state index contributed by atoms with van der Waals surface area (Å²) in [6, 6.07) is 11.4. The minimum Gasteiger partial charge on any atom is -0.504 e. The third-order valence-electron chi connectivity index (χ3n) is 6.27. The van der Waals surface area contributed by atoms with Crippen LogP contribution >= 0.6 is 0 Å². The molecule has 4 aromatic rings. The quantitative estimate of drug-likeness (QED) is 0.280. The Balaban J connectivity index is 1.87. The number of carbonyl (C=O) groups is 1. The molecule has 5 rings (SSSR count). The highest BCUT2D eigenvalue weighted by Crippen LogP contribution is 2.43. The van der Waals surface area contributed by atoms with E-state index in [-0.39, 0.29) is 28.7 Å². The van der Waals surface area contributed by atoms with Gasteiger partial charge < -0.3 is 23.9 Å². The summed E-state index contributed by atoms with van der Waals surface area (Å²) in [5, 5.41) is 22.4. The Kier molecular flexibility index (Phi) is 4.92. The number of benzene rings is 2. The maximum absolute atomic E-state index is 13.7. The molecule has 3 heterocycles. The Morgan fingerprint density at radius 3 is 2.76 bits per heavy atom. The third kappa shape index (κ3) is 3.34. The van der Waals surface area contributed by atoms with Gasteiger partial charge in [-0.15, -0.1) is 0 Å². The number of hydrogen-bond acceptors (Lipinski definition) is 7. The number of fused-ring (bicyclic) bond motifs is 1. The standard InChI is InChI=1S/C25H21NO7/c1-32-20(29)12-16(21-23(30)18(27)11-15-7-8-19(28)33-24(15)21)17-10-14-5-2-4-13-6-3-9-26(22(13)14)25(17)31/h2,4-5,7-8,10-11,16,27,30H,3,6,9,12H2,1H3. The number of ether oxygens (including phenoxy) is 1. The fourth-order valence-corrected chi connectivity index (χ4v) is 4.79. The molecular formula is C25H21NO7. The molecule has 0 saturated heterocycles. The van der Waals surface area contributed by atoms with Crippen molar-refractivity contribution in [2.45, 2.75) is 31.7 Å². The highest BCUT2D eigenvalue weighted by molar-refractivity contribution is 5.88. The summed E-state index contributed by atoms with van der Waals surface area (Å²) in [5.41, 5.74) is 1.18. The van der Waals surface area contributed by atoms with Crippen LogP contribution in [-0.2, 0) is 22.5 Å². The Morgan fingerprint density at radius 2 is 1.97 bits per heavy atom. The Bertz CT molecular complexity index is 1550. The molecule has 8 nitrogen and oxygen atoms in total. The van der Waals surface area contributed by atoms with Crippen LogP contribution in [0.4, 0.5) is 0 Å². The lowest BCUT2D eigenvalue weighted by atomic mass is 9.86. The number of aryl methyl sites for hydroxylation is 2. The zero-order valence-corrected chi connectivity index (χ0v) is 17.8. The summed E-state index contributed by atoms with van der Waals surface area (Å²) in [6.07, 6.45) is 1.36. The Labute approximate surface area is 187 Å². The van der Waals surface area contributed by atoms with E-state index in [1.54, 1.807) is 10.6 Å². The van der Waals surface area contributed by atoms with Crippen molar-refractivity contribution in [2.75, 3.05) is 7.11 Å². The average Bonchev–Trinajstić information content (AvgIpc) is 2.81. The molecule has 168 valence electrons. The first kappa shape index (κ1) is 20.8. The van der Waals surface area contributed by atoms with Crippen LogP contribution in [0.1, 0.15) is 35.4 Å². The summed E-state index contributed by atoms with van der Waals surface area (Å²) in [4.78, 5) is 38.0. The molecule has 0 spiro atoms. The van der Waals surface area contributed by atoms with E-state index in [1.807, 2.05) is 18.2 Å². The molecule has 0 fully saturated rings. The zero-order valence-electron chi connectivity index (χ0n) is 17.8. The van der Waals surface area contributed by atoms with Crippen LogP contribution in [0.2, 0.25) is 0 Å². The van der Waals surface area contributed by atoms with Crippen molar-refractivity contribution in [1.82, 2.24) is 4.57 Å². The van der Waals surface area contributed by atoms with E-state index >= 15 is 0 Å². The monoisotopic (exact) mass is 447 g/mol. The summed E-state index contributed by atoms with van der Waals surface area (Å²) < 4.78 is 11.9. The first-order valence-corrected chi connectivity index (χ1v) is 10.6. The predicted molar refractivity (Wildman–Crippen MR) is 121 cm³/mol. The number of pyridine rings is 1. The van der Waals surface area contributed by atoms with E-state index < -0.39 is 29.0 Å². The Morgan fingerprint density at radius 1 is 1.15 bits per heavy atom. The fourth-order valence-electron chi connectivity index (χ4n) is 4.79. The topological polar surface area (TPSA) is 119 Å².